The summed E-state index contributed by atoms with van der Waals surface area (Å²) in [5, 5.41) is 0. The fourth-order valence-corrected chi connectivity index (χ4v) is 2.58. The average molecular weight is 280 g/mol. The van der Waals surface area contributed by atoms with Crippen LogP contribution in [0.3, 0.4) is 0 Å². The molecular formula is C12H14BrN3. The fraction of sp³-hybridized carbons (Fsp3) is 0.417. The molecule has 4 heteroatoms. The van der Waals surface area contributed by atoms with E-state index in [0.29, 0.717) is 0 Å². The summed E-state index contributed by atoms with van der Waals surface area (Å²) in [5.74, 6) is 1.02. The Hall–Kier alpha value is -1.03. The minimum absolute atomic E-state index is 1.02. The molecular weight excluding hydrogens is 266 g/mol. The first-order valence-electron chi connectivity index (χ1n) is 5.73. The van der Waals surface area contributed by atoms with E-state index in [1.807, 2.05) is 12.1 Å². The molecule has 1 saturated heterocycles. The largest absolute Gasteiger partial charge is 0.342 e. The number of piperidine rings is 1. The second kappa shape index (κ2) is 4.09. The van der Waals surface area contributed by atoms with E-state index < -0.39 is 0 Å². The second-order valence-electron chi connectivity index (χ2n) is 4.27. The van der Waals surface area contributed by atoms with Crippen molar-refractivity contribution in [2.24, 2.45) is 0 Å². The number of imidazole rings is 1. The van der Waals surface area contributed by atoms with E-state index >= 15 is 0 Å². The molecule has 1 N–H and O–H groups in total. The molecule has 0 unspecified atom stereocenters. The van der Waals surface area contributed by atoms with E-state index in [-0.39, 0.29) is 0 Å². The predicted molar refractivity (Wildman–Crippen MR) is 69.9 cm³/mol. The highest BCUT2D eigenvalue weighted by Crippen LogP contribution is 2.23. The first kappa shape index (κ1) is 10.1. The summed E-state index contributed by atoms with van der Waals surface area (Å²) >= 11 is 3.48. The molecule has 0 saturated carbocycles. The minimum Gasteiger partial charge on any atom is -0.342 e. The third kappa shape index (κ3) is 1.82. The topological polar surface area (TPSA) is 31.9 Å². The van der Waals surface area contributed by atoms with Gasteiger partial charge in [-0.25, -0.2) is 4.98 Å². The van der Waals surface area contributed by atoms with Crippen molar-refractivity contribution >= 4 is 32.9 Å². The Bertz CT molecular complexity index is 500. The molecule has 2 aromatic rings. The van der Waals surface area contributed by atoms with E-state index in [1.165, 1.54) is 19.3 Å². The number of fused-ring (bicyclic) bond motifs is 1. The van der Waals surface area contributed by atoms with Crippen LogP contribution in [0.4, 0.5) is 5.95 Å². The van der Waals surface area contributed by atoms with Crippen LogP contribution in [0.1, 0.15) is 19.3 Å². The molecule has 0 spiro atoms. The summed E-state index contributed by atoms with van der Waals surface area (Å²) in [6, 6.07) is 6.16. The molecule has 1 aliphatic rings. The van der Waals surface area contributed by atoms with Gasteiger partial charge >= 0.3 is 0 Å². The van der Waals surface area contributed by atoms with Gasteiger partial charge in [0.25, 0.3) is 0 Å². The normalized spacial score (nSPS) is 16.9. The summed E-state index contributed by atoms with van der Waals surface area (Å²) in [5.41, 5.74) is 2.15. The minimum atomic E-state index is 1.02. The number of anilines is 1. The molecule has 2 heterocycles. The van der Waals surface area contributed by atoms with Crippen LogP contribution in [0.5, 0.6) is 0 Å². The van der Waals surface area contributed by atoms with Crippen molar-refractivity contribution in [2.75, 3.05) is 18.0 Å². The third-order valence-corrected chi connectivity index (χ3v) is 3.58. The van der Waals surface area contributed by atoms with Gasteiger partial charge in [-0.05, 0) is 37.5 Å². The molecule has 3 rings (SSSR count). The first-order chi connectivity index (χ1) is 7.83. The van der Waals surface area contributed by atoms with E-state index in [2.05, 4.69) is 36.9 Å². The Morgan fingerprint density at radius 3 is 2.81 bits per heavy atom. The van der Waals surface area contributed by atoms with Crippen LogP contribution in [-0.4, -0.2) is 23.1 Å². The zero-order chi connectivity index (χ0) is 11.0. The number of benzene rings is 1. The maximum absolute atomic E-state index is 4.63. The molecule has 0 aliphatic carbocycles. The van der Waals surface area contributed by atoms with Gasteiger partial charge < -0.3 is 9.88 Å². The lowest BCUT2D eigenvalue weighted by molar-refractivity contribution is 0.570. The molecule has 1 fully saturated rings. The maximum atomic E-state index is 4.63. The Morgan fingerprint density at radius 2 is 2.00 bits per heavy atom. The fourth-order valence-electron chi connectivity index (χ4n) is 2.22. The summed E-state index contributed by atoms with van der Waals surface area (Å²) in [4.78, 5) is 10.4. The van der Waals surface area contributed by atoms with Gasteiger partial charge in [-0.1, -0.05) is 15.9 Å². The zero-order valence-electron chi connectivity index (χ0n) is 9.04. The highest BCUT2D eigenvalue weighted by atomic mass is 79.9. The lowest BCUT2D eigenvalue weighted by Gasteiger charge is -2.25. The monoisotopic (exact) mass is 279 g/mol. The van der Waals surface area contributed by atoms with Crippen molar-refractivity contribution < 1.29 is 0 Å². The van der Waals surface area contributed by atoms with Crippen molar-refractivity contribution in [1.82, 2.24) is 9.97 Å². The van der Waals surface area contributed by atoms with Crippen LogP contribution in [-0.2, 0) is 0 Å². The van der Waals surface area contributed by atoms with Crippen molar-refractivity contribution in [1.29, 1.82) is 0 Å². The number of rotatable bonds is 1. The van der Waals surface area contributed by atoms with Crippen molar-refractivity contribution in [3.05, 3.63) is 22.7 Å². The first-order valence-corrected chi connectivity index (χ1v) is 6.52. The van der Waals surface area contributed by atoms with Gasteiger partial charge in [-0.2, -0.15) is 0 Å². The number of nitrogens with zero attached hydrogens (tertiary/aromatic N) is 2. The van der Waals surface area contributed by atoms with Gasteiger partial charge in [0.05, 0.1) is 11.0 Å². The predicted octanol–water partition coefficient (Wildman–Crippen LogP) is 3.32. The number of hydrogen-bond donors (Lipinski definition) is 1. The van der Waals surface area contributed by atoms with E-state index in [9.17, 15) is 0 Å². The standard InChI is InChI=1S/C12H14BrN3/c13-9-4-5-10-11(8-9)15-12(14-10)16-6-2-1-3-7-16/h4-5,8H,1-3,6-7H2,(H,14,15). The number of nitrogens with one attached hydrogen (secondary N) is 1. The number of halogens is 1. The van der Waals surface area contributed by atoms with Crippen molar-refractivity contribution in [3.63, 3.8) is 0 Å². The Morgan fingerprint density at radius 1 is 1.19 bits per heavy atom. The van der Waals surface area contributed by atoms with Gasteiger partial charge in [-0.15, -0.1) is 0 Å². The zero-order valence-corrected chi connectivity index (χ0v) is 10.6. The average Bonchev–Trinajstić information content (AvgIpc) is 2.73. The molecule has 1 aliphatic heterocycles. The Labute approximate surface area is 103 Å². The molecule has 3 nitrogen and oxygen atoms in total. The lowest BCUT2D eigenvalue weighted by atomic mass is 10.1. The molecule has 0 atom stereocenters. The van der Waals surface area contributed by atoms with E-state index in [1.54, 1.807) is 0 Å². The maximum Gasteiger partial charge on any atom is 0.203 e. The van der Waals surface area contributed by atoms with Crippen LogP contribution in [0.15, 0.2) is 22.7 Å². The van der Waals surface area contributed by atoms with E-state index in [0.717, 1.165) is 34.5 Å². The van der Waals surface area contributed by atoms with E-state index in [4.69, 9.17) is 0 Å². The second-order valence-corrected chi connectivity index (χ2v) is 5.19. The molecule has 84 valence electrons. The number of H-pyrrole nitrogens is 1. The van der Waals surface area contributed by atoms with Crippen LogP contribution in [0.25, 0.3) is 11.0 Å². The third-order valence-electron chi connectivity index (χ3n) is 3.09. The number of aromatic amines is 1. The Kier molecular flexibility index (Phi) is 2.59. The van der Waals surface area contributed by atoms with Gasteiger partial charge in [0.1, 0.15) is 0 Å². The van der Waals surface area contributed by atoms with Crippen molar-refractivity contribution in [3.8, 4) is 0 Å². The smallest absolute Gasteiger partial charge is 0.203 e. The van der Waals surface area contributed by atoms with Crippen molar-refractivity contribution in [2.45, 2.75) is 19.3 Å². The highest BCUT2D eigenvalue weighted by Gasteiger charge is 2.14. The van der Waals surface area contributed by atoms with Gasteiger partial charge in [0, 0.05) is 17.6 Å². The SMILES string of the molecule is Brc1ccc2nc(N3CCCCC3)[nH]c2c1. The lowest BCUT2D eigenvalue weighted by Crippen LogP contribution is -2.30. The van der Waals surface area contributed by atoms with Gasteiger partial charge in [0.2, 0.25) is 5.95 Å². The van der Waals surface area contributed by atoms with Crippen LogP contribution in [0, 0.1) is 0 Å². The summed E-state index contributed by atoms with van der Waals surface area (Å²) < 4.78 is 1.09. The quantitative estimate of drug-likeness (QED) is 0.869. The molecule has 1 aromatic heterocycles. The number of aromatic nitrogens is 2. The molecule has 16 heavy (non-hydrogen) atoms. The molecule has 1 aromatic carbocycles. The van der Waals surface area contributed by atoms with Crippen LogP contribution < -0.4 is 4.90 Å². The molecule has 0 radical (unpaired) electrons. The summed E-state index contributed by atoms with van der Waals surface area (Å²) in [6.45, 7) is 2.25. The molecule has 0 amide bonds. The van der Waals surface area contributed by atoms with Gasteiger partial charge in [0.15, 0.2) is 0 Å². The summed E-state index contributed by atoms with van der Waals surface area (Å²) in [6.07, 6.45) is 3.91. The highest BCUT2D eigenvalue weighted by molar-refractivity contribution is 9.10. The number of hydrogen-bond acceptors (Lipinski definition) is 2. The summed E-state index contributed by atoms with van der Waals surface area (Å²) in [7, 11) is 0. The van der Waals surface area contributed by atoms with Crippen LogP contribution >= 0.6 is 15.9 Å². The van der Waals surface area contributed by atoms with Gasteiger partial charge in [-0.3, -0.25) is 0 Å². The molecule has 0 bridgehead atoms. The Balaban J connectivity index is 1.97. The van der Waals surface area contributed by atoms with Crippen LogP contribution in [0.2, 0.25) is 0 Å².